The molecule has 2 fully saturated rings. The number of rotatable bonds is 4. The second kappa shape index (κ2) is 7.63. The molecule has 1 amide bonds. The Bertz CT molecular complexity index is 728. The molecule has 1 saturated heterocycles. The van der Waals surface area contributed by atoms with E-state index < -0.39 is 10.0 Å². The number of carbonyl (C=O) groups excluding carboxylic acids is 1. The fraction of sp³-hybridized carbons (Fsp3) is 0.750. The number of hydrogen-bond donors (Lipinski definition) is 1. The van der Waals surface area contributed by atoms with Crippen molar-refractivity contribution < 1.29 is 13.2 Å². The zero-order chi connectivity index (χ0) is 18.0. The average Bonchev–Trinajstić information content (AvgIpc) is 2.95. The fourth-order valence-corrected chi connectivity index (χ4v) is 5.54. The van der Waals surface area contributed by atoms with Crippen LogP contribution in [0.5, 0.6) is 0 Å². The molecule has 1 aromatic rings. The minimum absolute atomic E-state index is 0.0288. The highest BCUT2D eigenvalue weighted by Crippen LogP contribution is 2.27. The summed E-state index contributed by atoms with van der Waals surface area (Å²) in [5.74, 6) is -0.341. The third-order valence-electron chi connectivity index (χ3n) is 5.13. The Labute approximate surface area is 153 Å². The van der Waals surface area contributed by atoms with Crippen molar-refractivity contribution in [3.63, 3.8) is 0 Å². The SMILES string of the molecule is Cn1cnc(S(=O)(=O)N2CCC[C@@H](C(=O)NC3CCCCC3)C2)c1Cl. The fourth-order valence-electron chi connectivity index (χ4n) is 3.63. The van der Waals surface area contributed by atoms with E-state index in [0.29, 0.717) is 19.4 Å². The molecule has 2 heterocycles. The van der Waals surface area contributed by atoms with Crippen molar-refractivity contribution in [1.29, 1.82) is 0 Å². The highest BCUT2D eigenvalue weighted by atomic mass is 35.5. The number of sulfonamides is 1. The van der Waals surface area contributed by atoms with E-state index in [0.717, 1.165) is 25.7 Å². The van der Waals surface area contributed by atoms with Gasteiger partial charge < -0.3 is 9.88 Å². The van der Waals surface area contributed by atoms with Crippen molar-refractivity contribution in [2.45, 2.75) is 56.0 Å². The number of nitrogens with one attached hydrogen (secondary N) is 1. The molecule has 1 aliphatic carbocycles. The van der Waals surface area contributed by atoms with Crippen LogP contribution in [0.3, 0.4) is 0 Å². The van der Waals surface area contributed by atoms with Crippen LogP contribution in [-0.2, 0) is 21.9 Å². The van der Waals surface area contributed by atoms with Crippen LogP contribution in [0.2, 0.25) is 5.15 Å². The van der Waals surface area contributed by atoms with Gasteiger partial charge in [-0.3, -0.25) is 4.79 Å². The van der Waals surface area contributed by atoms with Crippen LogP contribution in [0.4, 0.5) is 0 Å². The van der Waals surface area contributed by atoms with Gasteiger partial charge in [-0.2, -0.15) is 4.31 Å². The number of amides is 1. The minimum atomic E-state index is -3.78. The van der Waals surface area contributed by atoms with Gasteiger partial charge in [0.25, 0.3) is 10.0 Å². The Morgan fingerprint density at radius 1 is 1.24 bits per heavy atom. The molecule has 1 aromatic heterocycles. The van der Waals surface area contributed by atoms with Crippen LogP contribution in [0, 0.1) is 5.92 Å². The summed E-state index contributed by atoms with van der Waals surface area (Å²) < 4.78 is 28.4. The van der Waals surface area contributed by atoms with E-state index in [9.17, 15) is 13.2 Å². The lowest BCUT2D eigenvalue weighted by Crippen LogP contribution is -2.47. The molecule has 9 heteroatoms. The van der Waals surface area contributed by atoms with Crippen LogP contribution in [-0.4, -0.2) is 47.3 Å². The van der Waals surface area contributed by atoms with Crippen LogP contribution >= 0.6 is 11.6 Å². The molecule has 1 aliphatic heterocycles. The van der Waals surface area contributed by atoms with Crippen molar-refractivity contribution in [2.75, 3.05) is 13.1 Å². The number of imidazole rings is 1. The molecule has 3 rings (SSSR count). The molecule has 1 saturated carbocycles. The maximum absolute atomic E-state index is 12.8. The van der Waals surface area contributed by atoms with Gasteiger partial charge in [0.1, 0.15) is 5.15 Å². The monoisotopic (exact) mass is 388 g/mol. The van der Waals surface area contributed by atoms with Gasteiger partial charge in [0.05, 0.1) is 12.2 Å². The Morgan fingerprint density at radius 3 is 2.60 bits per heavy atom. The number of aryl methyl sites for hydroxylation is 1. The molecule has 1 atom stereocenters. The van der Waals surface area contributed by atoms with Crippen LogP contribution < -0.4 is 5.32 Å². The van der Waals surface area contributed by atoms with Gasteiger partial charge in [-0.25, -0.2) is 13.4 Å². The molecule has 25 heavy (non-hydrogen) atoms. The third kappa shape index (κ3) is 4.01. The predicted molar refractivity (Wildman–Crippen MR) is 94.7 cm³/mol. The molecule has 0 aromatic carbocycles. The first-order valence-corrected chi connectivity index (χ1v) is 10.7. The highest BCUT2D eigenvalue weighted by Gasteiger charge is 2.36. The van der Waals surface area contributed by atoms with E-state index in [2.05, 4.69) is 10.3 Å². The van der Waals surface area contributed by atoms with Crippen LogP contribution in [0.25, 0.3) is 0 Å². The number of hydrogen-bond acceptors (Lipinski definition) is 4. The van der Waals surface area contributed by atoms with Crippen molar-refractivity contribution in [3.05, 3.63) is 11.5 Å². The zero-order valence-corrected chi connectivity index (χ0v) is 16.0. The van der Waals surface area contributed by atoms with Crippen LogP contribution in [0.15, 0.2) is 11.4 Å². The van der Waals surface area contributed by atoms with Crippen molar-refractivity contribution in [1.82, 2.24) is 19.2 Å². The molecule has 0 spiro atoms. The van der Waals surface area contributed by atoms with Gasteiger partial charge >= 0.3 is 0 Å². The van der Waals surface area contributed by atoms with E-state index in [4.69, 9.17) is 11.6 Å². The molecule has 0 bridgehead atoms. The van der Waals surface area contributed by atoms with Gasteiger partial charge in [-0.1, -0.05) is 30.9 Å². The van der Waals surface area contributed by atoms with E-state index in [1.807, 2.05) is 0 Å². The molecule has 7 nitrogen and oxygen atoms in total. The maximum Gasteiger partial charge on any atom is 0.263 e. The van der Waals surface area contributed by atoms with Gasteiger partial charge in [0, 0.05) is 26.2 Å². The predicted octanol–water partition coefficient (Wildman–Crippen LogP) is 1.92. The lowest BCUT2D eigenvalue weighted by Gasteiger charge is -2.32. The second-order valence-corrected chi connectivity index (χ2v) is 9.21. The number of aromatic nitrogens is 2. The summed E-state index contributed by atoms with van der Waals surface area (Å²) in [6, 6.07) is 0.235. The van der Waals surface area contributed by atoms with Crippen molar-refractivity contribution >= 4 is 27.5 Å². The highest BCUT2D eigenvalue weighted by molar-refractivity contribution is 7.89. The van der Waals surface area contributed by atoms with Gasteiger partial charge in [-0.15, -0.1) is 0 Å². The van der Waals surface area contributed by atoms with Crippen molar-refractivity contribution in [2.24, 2.45) is 13.0 Å². The summed E-state index contributed by atoms with van der Waals surface area (Å²) in [6.07, 6.45) is 8.31. The first-order chi connectivity index (χ1) is 11.9. The first-order valence-electron chi connectivity index (χ1n) is 8.87. The molecule has 0 unspecified atom stereocenters. The Kier molecular flexibility index (Phi) is 5.70. The minimum Gasteiger partial charge on any atom is -0.353 e. The Morgan fingerprint density at radius 2 is 1.96 bits per heavy atom. The van der Waals surface area contributed by atoms with Crippen LogP contribution in [0.1, 0.15) is 44.9 Å². The quantitative estimate of drug-likeness (QED) is 0.854. The number of halogens is 1. The first kappa shape index (κ1) is 18.7. The molecule has 140 valence electrons. The van der Waals surface area contributed by atoms with E-state index in [1.165, 1.54) is 21.6 Å². The summed E-state index contributed by atoms with van der Waals surface area (Å²) >= 11 is 6.06. The molecular formula is C16H25ClN4O3S. The summed E-state index contributed by atoms with van der Waals surface area (Å²) in [4.78, 5) is 16.5. The van der Waals surface area contributed by atoms with Gasteiger partial charge in [0.15, 0.2) is 0 Å². The van der Waals surface area contributed by atoms with Gasteiger partial charge in [-0.05, 0) is 25.7 Å². The van der Waals surface area contributed by atoms with Crippen molar-refractivity contribution in [3.8, 4) is 0 Å². The topological polar surface area (TPSA) is 84.3 Å². The Hall–Kier alpha value is -1.12. The summed E-state index contributed by atoms with van der Waals surface area (Å²) in [7, 11) is -2.14. The largest absolute Gasteiger partial charge is 0.353 e. The molecular weight excluding hydrogens is 364 g/mol. The maximum atomic E-state index is 12.8. The summed E-state index contributed by atoms with van der Waals surface area (Å²) in [5, 5.41) is 3.07. The molecule has 1 N–H and O–H groups in total. The second-order valence-electron chi connectivity index (χ2n) is 7.00. The van der Waals surface area contributed by atoms with Gasteiger partial charge in [0.2, 0.25) is 10.9 Å². The summed E-state index contributed by atoms with van der Waals surface area (Å²) in [5.41, 5.74) is 0. The average molecular weight is 389 g/mol. The third-order valence-corrected chi connectivity index (χ3v) is 7.48. The molecule has 2 aliphatic rings. The standard InChI is InChI=1S/C16H25ClN4O3S/c1-20-11-18-16(14(20)17)25(23,24)21-9-5-6-12(10-21)15(22)19-13-7-3-2-4-8-13/h11-13H,2-10H2,1H3,(H,19,22)/t12-/m1/s1. The Balaban J connectivity index is 1.68. The zero-order valence-electron chi connectivity index (χ0n) is 14.4. The molecule has 0 radical (unpaired) electrons. The normalized spacial score (nSPS) is 23.5. The lowest BCUT2D eigenvalue weighted by molar-refractivity contribution is -0.127. The number of nitrogens with zero attached hydrogens (tertiary/aromatic N) is 3. The smallest absolute Gasteiger partial charge is 0.263 e. The lowest BCUT2D eigenvalue weighted by atomic mass is 9.93. The van der Waals surface area contributed by atoms with E-state index in [1.54, 1.807) is 7.05 Å². The number of carbonyl (C=O) groups is 1. The van der Waals surface area contributed by atoms with E-state index in [-0.39, 0.29) is 34.6 Å². The summed E-state index contributed by atoms with van der Waals surface area (Å²) in [6.45, 7) is 0.580. The van der Waals surface area contributed by atoms with E-state index >= 15 is 0 Å². The number of piperidine rings is 1.